The van der Waals surface area contributed by atoms with Gasteiger partial charge in [-0.25, -0.2) is 4.98 Å². The number of halogens is 3. The number of hydrogen-bond donors (Lipinski definition) is 1. The summed E-state index contributed by atoms with van der Waals surface area (Å²) >= 11 is 1.01. The van der Waals surface area contributed by atoms with Crippen LogP contribution < -0.4 is 5.73 Å². The second-order valence-corrected chi connectivity index (χ2v) is 4.85. The first-order chi connectivity index (χ1) is 9.33. The van der Waals surface area contributed by atoms with Gasteiger partial charge in [-0.3, -0.25) is 4.79 Å². The average Bonchev–Trinajstić information content (AvgIpc) is 2.77. The van der Waals surface area contributed by atoms with Crippen LogP contribution in [-0.4, -0.2) is 48.3 Å². The lowest BCUT2D eigenvalue weighted by atomic mass is 10.3. The third-order valence-electron chi connectivity index (χ3n) is 2.32. The number of nitrogen functional groups attached to an aromatic ring is 1. The molecule has 1 aromatic heterocycles. The van der Waals surface area contributed by atoms with Crippen molar-refractivity contribution in [3.05, 3.63) is 11.1 Å². The fourth-order valence-corrected chi connectivity index (χ4v) is 2.06. The fraction of sp³-hybridized carbons (Fsp3) is 0.636. The van der Waals surface area contributed by atoms with Gasteiger partial charge in [0, 0.05) is 25.1 Å². The maximum Gasteiger partial charge on any atom is 0.406 e. The average molecular weight is 311 g/mol. The van der Waals surface area contributed by atoms with Crippen molar-refractivity contribution in [2.45, 2.75) is 19.5 Å². The summed E-state index contributed by atoms with van der Waals surface area (Å²) in [5.41, 5.74) is 5.32. The van der Waals surface area contributed by atoms with Crippen molar-refractivity contribution in [3.8, 4) is 0 Å². The van der Waals surface area contributed by atoms with Crippen molar-refractivity contribution < 1.29 is 22.7 Å². The van der Waals surface area contributed by atoms with Gasteiger partial charge in [0.25, 0.3) is 5.91 Å². The number of amides is 1. The van der Waals surface area contributed by atoms with Gasteiger partial charge in [0.15, 0.2) is 5.13 Å². The molecule has 0 atom stereocenters. The number of aromatic nitrogens is 1. The lowest BCUT2D eigenvalue weighted by Crippen LogP contribution is -2.40. The minimum Gasteiger partial charge on any atom is -0.382 e. The third kappa shape index (κ3) is 5.74. The van der Waals surface area contributed by atoms with Crippen LogP contribution in [0.4, 0.5) is 18.3 Å². The van der Waals surface area contributed by atoms with Crippen LogP contribution in [0.3, 0.4) is 0 Å². The normalized spacial score (nSPS) is 11.6. The Labute approximate surface area is 118 Å². The first-order valence-corrected chi connectivity index (χ1v) is 6.86. The Kier molecular flexibility index (Phi) is 6.21. The van der Waals surface area contributed by atoms with Crippen molar-refractivity contribution in [2.75, 3.05) is 32.0 Å². The highest BCUT2D eigenvalue weighted by Gasteiger charge is 2.33. The van der Waals surface area contributed by atoms with Crippen LogP contribution in [0.25, 0.3) is 0 Å². The number of nitrogens with zero attached hydrogens (tertiary/aromatic N) is 2. The molecule has 0 spiro atoms. The highest BCUT2D eigenvalue weighted by atomic mass is 32.1. The molecule has 0 bridgehead atoms. The largest absolute Gasteiger partial charge is 0.406 e. The van der Waals surface area contributed by atoms with E-state index in [0.717, 1.165) is 11.3 Å². The monoisotopic (exact) mass is 311 g/mol. The van der Waals surface area contributed by atoms with Crippen molar-refractivity contribution in [1.29, 1.82) is 0 Å². The van der Waals surface area contributed by atoms with E-state index in [9.17, 15) is 18.0 Å². The summed E-state index contributed by atoms with van der Waals surface area (Å²) in [4.78, 5) is 16.4. The molecule has 20 heavy (non-hydrogen) atoms. The van der Waals surface area contributed by atoms with Crippen LogP contribution >= 0.6 is 11.3 Å². The first-order valence-electron chi connectivity index (χ1n) is 5.98. The standard InChI is InChI=1S/C11H16F3N3O2S/c1-2-19-5-3-4-17(7-11(12,13)14)9(18)8-6-20-10(15)16-8/h6H,2-5,7H2,1H3,(H2,15,16). The third-order valence-corrected chi connectivity index (χ3v) is 2.99. The summed E-state index contributed by atoms with van der Waals surface area (Å²) in [6.45, 7) is 1.22. The number of thiazole rings is 1. The van der Waals surface area contributed by atoms with E-state index in [0.29, 0.717) is 24.5 Å². The molecule has 0 fully saturated rings. The number of anilines is 1. The molecule has 0 saturated carbocycles. The number of nitrogens with two attached hydrogens (primary N) is 1. The minimum atomic E-state index is -4.46. The molecule has 0 aromatic carbocycles. The number of alkyl halides is 3. The lowest BCUT2D eigenvalue weighted by Gasteiger charge is -2.23. The van der Waals surface area contributed by atoms with E-state index in [2.05, 4.69) is 4.98 Å². The van der Waals surface area contributed by atoms with E-state index in [1.54, 1.807) is 6.92 Å². The highest BCUT2D eigenvalue weighted by molar-refractivity contribution is 7.13. The second kappa shape index (κ2) is 7.44. The Morgan fingerprint density at radius 2 is 2.25 bits per heavy atom. The summed E-state index contributed by atoms with van der Waals surface area (Å²) in [6.07, 6.45) is -4.13. The Morgan fingerprint density at radius 1 is 1.55 bits per heavy atom. The molecule has 114 valence electrons. The van der Waals surface area contributed by atoms with Gasteiger partial charge in [-0.15, -0.1) is 11.3 Å². The molecule has 1 heterocycles. The molecular formula is C11H16F3N3O2S. The molecule has 0 aliphatic carbocycles. The van der Waals surface area contributed by atoms with Crippen molar-refractivity contribution in [2.24, 2.45) is 0 Å². The van der Waals surface area contributed by atoms with Gasteiger partial charge in [0.1, 0.15) is 12.2 Å². The van der Waals surface area contributed by atoms with Gasteiger partial charge in [-0.2, -0.15) is 13.2 Å². The summed E-state index contributed by atoms with van der Waals surface area (Å²) in [5, 5.41) is 1.50. The van der Waals surface area contributed by atoms with E-state index < -0.39 is 18.6 Å². The molecule has 5 nitrogen and oxygen atoms in total. The Bertz CT molecular complexity index is 437. The quantitative estimate of drug-likeness (QED) is 0.784. The van der Waals surface area contributed by atoms with E-state index in [4.69, 9.17) is 10.5 Å². The maximum absolute atomic E-state index is 12.5. The van der Waals surface area contributed by atoms with Gasteiger partial charge >= 0.3 is 6.18 Å². The number of carbonyl (C=O) groups is 1. The van der Waals surface area contributed by atoms with Gasteiger partial charge in [0.2, 0.25) is 0 Å². The fourth-order valence-electron chi connectivity index (χ4n) is 1.52. The van der Waals surface area contributed by atoms with E-state index in [-0.39, 0.29) is 17.4 Å². The minimum absolute atomic E-state index is 0.0459. The molecule has 2 N–H and O–H groups in total. The topological polar surface area (TPSA) is 68.5 Å². The Hall–Kier alpha value is -1.35. The van der Waals surface area contributed by atoms with Crippen LogP contribution in [0.1, 0.15) is 23.8 Å². The van der Waals surface area contributed by atoms with Crippen LogP contribution in [0.15, 0.2) is 5.38 Å². The Morgan fingerprint density at radius 3 is 2.75 bits per heavy atom. The van der Waals surface area contributed by atoms with Gasteiger partial charge in [-0.05, 0) is 13.3 Å². The molecule has 1 aromatic rings. The summed E-state index contributed by atoms with van der Waals surface area (Å²) in [5.74, 6) is -0.772. The summed E-state index contributed by atoms with van der Waals surface area (Å²) < 4.78 is 42.5. The molecule has 1 amide bonds. The van der Waals surface area contributed by atoms with Crippen molar-refractivity contribution in [1.82, 2.24) is 9.88 Å². The zero-order valence-electron chi connectivity index (χ0n) is 10.9. The molecule has 0 unspecified atom stereocenters. The lowest BCUT2D eigenvalue weighted by molar-refractivity contribution is -0.141. The number of ether oxygens (including phenoxy) is 1. The second-order valence-electron chi connectivity index (χ2n) is 3.96. The predicted octanol–water partition coefficient (Wildman–Crippen LogP) is 2.16. The number of hydrogen-bond acceptors (Lipinski definition) is 5. The maximum atomic E-state index is 12.5. The summed E-state index contributed by atoms with van der Waals surface area (Å²) in [7, 11) is 0. The molecule has 1 rings (SSSR count). The van der Waals surface area contributed by atoms with Gasteiger partial charge in [0.05, 0.1) is 0 Å². The van der Waals surface area contributed by atoms with E-state index >= 15 is 0 Å². The first kappa shape index (κ1) is 16.7. The van der Waals surface area contributed by atoms with Crippen LogP contribution in [0, 0.1) is 0 Å². The number of rotatable bonds is 7. The predicted molar refractivity (Wildman–Crippen MR) is 69.6 cm³/mol. The van der Waals surface area contributed by atoms with E-state index in [1.807, 2.05) is 0 Å². The molecule has 0 aliphatic heterocycles. The molecule has 0 aliphatic rings. The highest BCUT2D eigenvalue weighted by Crippen LogP contribution is 2.19. The molecule has 9 heteroatoms. The zero-order chi connectivity index (χ0) is 15.2. The number of carbonyl (C=O) groups excluding carboxylic acids is 1. The summed E-state index contributed by atoms with van der Waals surface area (Å²) in [6, 6.07) is 0. The van der Waals surface area contributed by atoms with E-state index in [1.165, 1.54) is 5.38 Å². The van der Waals surface area contributed by atoms with Crippen molar-refractivity contribution in [3.63, 3.8) is 0 Å². The van der Waals surface area contributed by atoms with Gasteiger partial charge in [-0.1, -0.05) is 0 Å². The smallest absolute Gasteiger partial charge is 0.382 e. The van der Waals surface area contributed by atoms with Crippen LogP contribution in [0.5, 0.6) is 0 Å². The zero-order valence-corrected chi connectivity index (χ0v) is 11.8. The molecular weight excluding hydrogens is 295 g/mol. The molecule has 0 radical (unpaired) electrons. The van der Waals surface area contributed by atoms with Crippen LogP contribution in [-0.2, 0) is 4.74 Å². The molecule has 0 saturated heterocycles. The van der Waals surface area contributed by atoms with Crippen molar-refractivity contribution >= 4 is 22.4 Å². The SMILES string of the molecule is CCOCCCN(CC(F)(F)F)C(=O)c1csc(N)n1. The van der Waals surface area contributed by atoms with Gasteiger partial charge < -0.3 is 15.4 Å². The Balaban J connectivity index is 2.68. The van der Waals surface area contributed by atoms with Crippen LogP contribution in [0.2, 0.25) is 0 Å².